The van der Waals surface area contributed by atoms with Crippen molar-refractivity contribution in [1.29, 1.82) is 0 Å². The standard InChI is InChI=1S/C31H56N4O5S/c1-27(28(2)36)19-16-17-23-32-31(38)22-18-24-41(39,40)26-30(37)21-15-13-11-9-7-5-3-4-6-8-10-12-14-20-29-25-33-35-34-29/h27H,3-26H2,1-2H3,(H,32,38)/t27-/m0/s1. The monoisotopic (exact) mass is 596 g/mol. The fourth-order valence-electron chi connectivity index (χ4n) is 4.90. The van der Waals surface area contributed by atoms with Gasteiger partial charge in [0.25, 0.3) is 0 Å². The van der Waals surface area contributed by atoms with E-state index in [1.54, 1.807) is 6.92 Å². The van der Waals surface area contributed by atoms with Crippen molar-refractivity contribution in [3.05, 3.63) is 0 Å². The average Bonchev–Trinajstić information content (AvgIpc) is 3.43. The lowest BCUT2D eigenvalue weighted by molar-refractivity contribution is -0.121. The fourth-order valence-corrected chi connectivity index (χ4v) is 6.27. The van der Waals surface area contributed by atoms with Gasteiger partial charge in [0, 0.05) is 25.3 Å². The highest BCUT2D eigenvalue weighted by molar-refractivity contribution is 7.92. The van der Waals surface area contributed by atoms with E-state index in [1.807, 2.05) is 6.92 Å². The average molecular weight is 597 g/mol. The van der Waals surface area contributed by atoms with Crippen LogP contribution in [0, 0.1) is 5.92 Å². The molecule has 0 saturated heterocycles. The van der Waals surface area contributed by atoms with Crippen LogP contribution in [0.5, 0.6) is 0 Å². The lowest BCUT2D eigenvalue weighted by Crippen LogP contribution is -2.25. The van der Waals surface area contributed by atoms with Crippen molar-refractivity contribution in [2.75, 3.05) is 24.6 Å². The molecule has 0 aromatic rings. The highest BCUT2D eigenvalue weighted by Crippen LogP contribution is 2.14. The van der Waals surface area contributed by atoms with Crippen LogP contribution in [0.15, 0.2) is 15.4 Å². The second kappa shape index (κ2) is 23.6. The Balaban J connectivity index is 1.88. The molecule has 0 saturated carbocycles. The number of hydrogen-bond donors (Lipinski definition) is 1. The molecule has 236 valence electrons. The first kappa shape index (κ1) is 37.1. The number of sulfone groups is 1. The SMILES string of the molecule is CC(=O)[C@@H](C)CCCCNC(=O)CCCS(=O)(=O)CC(=O)CCCCCCCCCCCCCCCC1=NN=NC1. The molecule has 9 nitrogen and oxygen atoms in total. The van der Waals surface area contributed by atoms with E-state index in [0.717, 1.165) is 50.7 Å². The predicted octanol–water partition coefficient (Wildman–Crippen LogP) is 6.94. The summed E-state index contributed by atoms with van der Waals surface area (Å²) in [6.45, 7) is 4.72. The zero-order valence-corrected chi connectivity index (χ0v) is 26.7. The molecular weight excluding hydrogens is 540 g/mol. The number of nitrogens with zero attached hydrogens (tertiary/aromatic N) is 3. The number of amides is 1. The van der Waals surface area contributed by atoms with Crippen LogP contribution in [-0.2, 0) is 24.2 Å². The molecule has 0 radical (unpaired) electrons. The Hall–Kier alpha value is -1.97. The Morgan fingerprint density at radius 2 is 1.37 bits per heavy atom. The number of unbranched alkanes of at least 4 members (excludes halogenated alkanes) is 13. The number of carbonyl (C=O) groups excluding carboxylic acids is 3. The van der Waals surface area contributed by atoms with Crippen molar-refractivity contribution >= 4 is 33.0 Å². The van der Waals surface area contributed by atoms with E-state index in [2.05, 4.69) is 20.8 Å². The van der Waals surface area contributed by atoms with Crippen LogP contribution in [0.1, 0.15) is 142 Å². The quantitative estimate of drug-likeness (QED) is 0.0977. The third-order valence-corrected chi connectivity index (χ3v) is 9.42. The predicted molar refractivity (Wildman–Crippen MR) is 166 cm³/mol. The summed E-state index contributed by atoms with van der Waals surface area (Å²) in [5.41, 5.74) is 1.12. The molecule has 1 aliphatic rings. The van der Waals surface area contributed by atoms with Crippen molar-refractivity contribution in [2.24, 2.45) is 21.4 Å². The van der Waals surface area contributed by atoms with Crippen LogP contribution in [0.3, 0.4) is 0 Å². The third kappa shape index (κ3) is 22.3. The maximum absolute atomic E-state index is 12.2. The van der Waals surface area contributed by atoms with Gasteiger partial charge in [-0.05, 0) is 50.7 Å². The van der Waals surface area contributed by atoms with Crippen molar-refractivity contribution in [1.82, 2.24) is 5.32 Å². The molecule has 0 aromatic heterocycles. The summed E-state index contributed by atoms with van der Waals surface area (Å²) in [7, 11) is -3.47. The van der Waals surface area contributed by atoms with Crippen LogP contribution in [0.25, 0.3) is 0 Å². The normalized spacial score (nSPS) is 13.8. The first-order valence-electron chi connectivity index (χ1n) is 16.1. The Morgan fingerprint density at radius 1 is 0.780 bits per heavy atom. The molecule has 1 amide bonds. The lowest BCUT2D eigenvalue weighted by Gasteiger charge is -2.08. The summed E-state index contributed by atoms with van der Waals surface area (Å²) < 4.78 is 24.5. The van der Waals surface area contributed by atoms with Gasteiger partial charge >= 0.3 is 0 Å². The van der Waals surface area contributed by atoms with Gasteiger partial charge in [-0.25, -0.2) is 8.42 Å². The second-order valence-electron chi connectivity index (χ2n) is 11.7. The van der Waals surface area contributed by atoms with Crippen molar-refractivity contribution < 1.29 is 22.8 Å². The highest BCUT2D eigenvalue weighted by Gasteiger charge is 2.17. The van der Waals surface area contributed by atoms with Gasteiger partial charge in [0.15, 0.2) is 9.84 Å². The molecule has 0 aromatic carbocycles. The number of ketones is 2. The van der Waals surface area contributed by atoms with E-state index < -0.39 is 15.6 Å². The van der Waals surface area contributed by atoms with E-state index >= 15 is 0 Å². The van der Waals surface area contributed by atoms with Gasteiger partial charge in [-0.2, -0.15) is 5.11 Å². The van der Waals surface area contributed by atoms with Crippen LogP contribution in [-0.4, -0.2) is 56.2 Å². The van der Waals surface area contributed by atoms with Crippen LogP contribution >= 0.6 is 0 Å². The largest absolute Gasteiger partial charge is 0.356 e. The minimum atomic E-state index is -3.47. The Kier molecular flexibility index (Phi) is 21.3. The molecule has 1 rings (SSSR count). The topological polar surface area (TPSA) is 134 Å². The minimum absolute atomic E-state index is 0.0486. The maximum Gasteiger partial charge on any atom is 0.220 e. The minimum Gasteiger partial charge on any atom is -0.356 e. The molecule has 0 bridgehead atoms. The molecule has 1 atom stereocenters. The summed E-state index contributed by atoms with van der Waals surface area (Å²) in [6.07, 6.45) is 19.7. The molecule has 0 fully saturated rings. The smallest absolute Gasteiger partial charge is 0.220 e. The molecule has 1 heterocycles. The molecule has 41 heavy (non-hydrogen) atoms. The summed E-state index contributed by atoms with van der Waals surface area (Å²) in [6, 6.07) is 0. The fraction of sp³-hybridized carbons (Fsp3) is 0.871. The molecule has 1 N–H and O–H groups in total. The first-order valence-corrected chi connectivity index (χ1v) is 17.9. The van der Waals surface area contributed by atoms with Gasteiger partial charge < -0.3 is 5.32 Å². The van der Waals surface area contributed by atoms with Crippen molar-refractivity contribution in [3.8, 4) is 0 Å². The van der Waals surface area contributed by atoms with Crippen LogP contribution in [0.4, 0.5) is 0 Å². The van der Waals surface area contributed by atoms with Crippen molar-refractivity contribution in [2.45, 2.75) is 142 Å². The van der Waals surface area contributed by atoms with Gasteiger partial charge in [0.05, 0.1) is 11.5 Å². The Labute approximate surface area is 249 Å². The molecular formula is C31H56N4O5S. The molecule has 0 unspecified atom stereocenters. The van der Waals surface area contributed by atoms with Gasteiger partial charge in [0.2, 0.25) is 5.91 Å². The van der Waals surface area contributed by atoms with E-state index in [9.17, 15) is 22.8 Å². The number of rotatable bonds is 28. The summed E-state index contributed by atoms with van der Waals surface area (Å²) >= 11 is 0. The highest BCUT2D eigenvalue weighted by atomic mass is 32.2. The summed E-state index contributed by atoms with van der Waals surface area (Å²) in [5.74, 6) is -0.700. The Bertz CT molecular complexity index is 917. The molecule has 10 heteroatoms. The van der Waals surface area contributed by atoms with Gasteiger partial charge in [0.1, 0.15) is 23.9 Å². The van der Waals surface area contributed by atoms with E-state index in [1.165, 1.54) is 64.2 Å². The van der Waals surface area contributed by atoms with E-state index in [-0.39, 0.29) is 42.0 Å². The zero-order chi connectivity index (χ0) is 30.2. The summed E-state index contributed by atoms with van der Waals surface area (Å²) in [4.78, 5) is 35.3. The van der Waals surface area contributed by atoms with Crippen LogP contribution in [0.2, 0.25) is 0 Å². The van der Waals surface area contributed by atoms with E-state index in [4.69, 9.17) is 0 Å². The van der Waals surface area contributed by atoms with E-state index in [0.29, 0.717) is 19.5 Å². The number of hydrogen-bond acceptors (Lipinski definition) is 8. The molecule has 1 aliphatic heterocycles. The van der Waals surface area contributed by atoms with Crippen LogP contribution < -0.4 is 5.32 Å². The van der Waals surface area contributed by atoms with Gasteiger partial charge in [-0.1, -0.05) is 84.0 Å². The number of Topliss-reactive ketones (excluding diaryl/α,β-unsaturated/α-hetero) is 2. The van der Waals surface area contributed by atoms with Gasteiger partial charge in [-0.3, -0.25) is 14.4 Å². The molecule has 0 spiro atoms. The lowest BCUT2D eigenvalue weighted by atomic mass is 10.0. The number of nitrogens with one attached hydrogen (secondary N) is 1. The van der Waals surface area contributed by atoms with Gasteiger partial charge in [-0.15, -0.1) is 5.10 Å². The Morgan fingerprint density at radius 3 is 1.93 bits per heavy atom. The summed E-state index contributed by atoms with van der Waals surface area (Å²) in [5, 5.41) is 14.3. The zero-order valence-electron chi connectivity index (χ0n) is 25.8. The second-order valence-corrected chi connectivity index (χ2v) is 13.9. The number of carbonyl (C=O) groups is 3. The molecule has 0 aliphatic carbocycles. The maximum atomic E-state index is 12.2. The van der Waals surface area contributed by atoms with Crippen molar-refractivity contribution in [3.63, 3.8) is 0 Å². The first-order chi connectivity index (χ1) is 19.7. The third-order valence-electron chi connectivity index (χ3n) is 7.74.